The van der Waals surface area contributed by atoms with E-state index in [2.05, 4.69) is 10.2 Å². The maximum atomic E-state index is 13.1. The van der Waals surface area contributed by atoms with Crippen molar-refractivity contribution in [3.05, 3.63) is 65.1 Å². The van der Waals surface area contributed by atoms with Gasteiger partial charge < -0.3 is 4.90 Å². The smallest absolute Gasteiger partial charge is 0.254 e. The van der Waals surface area contributed by atoms with Crippen LogP contribution in [0.3, 0.4) is 0 Å². The fourth-order valence-electron chi connectivity index (χ4n) is 3.10. The number of carbonyl (C=O) groups is 1. The number of halogens is 1. The van der Waals surface area contributed by atoms with E-state index in [1.165, 1.54) is 12.1 Å². The molecule has 1 aliphatic rings. The van der Waals surface area contributed by atoms with Gasteiger partial charge in [-0.25, -0.2) is 4.39 Å². The van der Waals surface area contributed by atoms with Crippen LogP contribution >= 0.6 is 0 Å². The minimum atomic E-state index is -0.258. The first-order valence-corrected chi connectivity index (χ1v) is 7.64. The van der Waals surface area contributed by atoms with E-state index in [9.17, 15) is 9.18 Å². The summed E-state index contributed by atoms with van der Waals surface area (Å²) in [7, 11) is 0. The first-order valence-electron chi connectivity index (χ1n) is 7.64. The second-order valence-electron chi connectivity index (χ2n) is 5.94. The number of nitrogens with zero attached hydrogens (tertiary/aromatic N) is 2. The van der Waals surface area contributed by atoms with Gasteiger partial charge in [-0.05, 0) is 49.2 Å². The van der Waals surface area contributed by atoms with Crippen LogP contribution in [0.2, 0.25) is 0 Å². The van der Waals surface area contributed by atoms with Gasteiger partial charge in [0.1, 0.15) is 5.82 Å². The summed E-state index contributed by atoms with van der Waals surface area (Å²) >= 11 is 0. The molecule has 1 atom stereocenters. The maximum absolute atomic E-state index is 13.1. The van der Waals surface area contributed by atoms with E-state index in [0.717, 1.165) is 35.1 Å². The van der Waals surface area contributed by atoms with Crippen molar-refractivity contribution in [1.29, 1.82) is 0 Å². The number of likely N-dealkylation sites (tertiary alicyclic amines) is 1. The fraction of sp³-hybridized carbons (Fsp3) is 0.222. The average molecular weight is 309 g/mol. The highest BCUT2D eigenvalue weighted by molar-refractivity contribution is 5.99. The van der Waals surface area contributed by atoms with Gasteiger partial charge in [0.05, 0.1) is 11.6 Å². The molecule has 0 spiro atoms. The summed E-state index contributed by atoms with van der Waals surface area (Å²) in [6.45, 7) is 2.66. The normalized spacial score (nSPS) is 17.3. The van der Waals surface area contributed by atoms with Gasteiger partial charge in [-0.15, -0.1) is 0 Å². The number of hydrogen-bond acceptors (Lipinski definition) is 2. The zero-order valence-corrected chi connectivity index (χ0v) is 12.7. The third-order valence-corrected chi connectivity index (χ3v) is 4.53. The highest BCUT2D eigenvalue weighted by Crippen LogP contribution is 2.34. The SMILES string of the molecule is Cc1[nH]nc2ccc(C(=O)N3CCC3c3ccc(F)cc3)cc12. The predicted octanol–water partition coefficient (Wildman–Crippen LogP) is 3.60. The van der Waals surface area contributed by atoms with E-state index in [1.54, 1.807) is 12.1 Å². The number of H-pyrrole nitrogens is 1. The zero-order chi connectivity index (χ0) is 16.0. The lowest BCUT2D eigenvalue weighted by atomic mass is 9.93. The average Bonchev–Trinajstić information content (AvgIpc) is 2.89. The first kappa shape index (κ1) is 13.9. The largest absolute Gasteiger partial charge is 0.331 e. The van der Waals surface area contributed by atoms with Crippen molar-refractivity contribution in [2.75, 3.05) is 6.54 Å². The molecule has 2 aromatic carbocycles. The molecule has 23 heavy (non-hydrogen) atoms. The van der Waals surface area contributed by atoms with E-state index in [0.29, 0.717) is 5.56 Å². The van der Waals surface area contributed by atoms with Gasteiger partial charge in [-0.2, -0.15) is 5.10 Å². The number of carbonyl (C=O) groups excluding carboxylic acids is 1. The van der Waals surface area contributed by atoms with E-state index < -0.39 is 0 Å². The van der Waals surface area contributed by atoms with Gasteiger partial charge in [-0.3, -0.25) is 9.89 Å². The third kappa shape index (κ3) is 2.29. The highest BCUT2D eigenvalue weighted by Gasteiger charge is 2.33. The van der Waals surface area contributed by atoms with Gasteiger partial charge in [0.2, 0.25) is 0 Å². The lowest BCUT2D eigenvalue weighted by Crippen LogP contribution is -2.45. The highest BCUT2D eigenvalue weighted by atomic mass is 19.1. The topological polar surface area (TPSA) is 49.0 Å². The van der Waals surface area contributed by atoms with Gasteiger partial charge in [-0.1, -0.05) is 12.1 Å². The Kier molecular flexibility index (Phi) is 3.15. The van der Waals surface area contributed by atoms with Crippen molar-refractivity contribution in [3.63, 3.8) is 0 Å². The molecule has 0 saturated carbocycles. The van der Waals surface area contributed by atoms with E-state index in [-0.39, 0.29) is 17.8 Å². The Hall–Kier alpha value is -2.69. The maximum Gasteiger partial charge on any atom is 0.254 e. The Morgan fingerprint density at radius 1 is 1.26 bits per heavy atom. The van der Waals surface area contributed by atoms with Crippen molar-refractivity contribution in [2.45, 2.75) is 19.4 Å². The van der Waals surface area contributed by atoms with Crippen LogP contribution in [0.1, 0.15) is 34.1 Å². The second-order valence-corrected chi connectivity index (χ2v) is 5.94. The molecular weight excluding hydrogens is 293 g/mol. The van der Waals surface area contributed by atoms with Crippen LogP contribution in [-0.4, -0.2) is 27.5 Å². The first-order chi connectivity index (χ1) is 11.1. The molecule has 0 radical (unpaired) electrons. The number of benzene rings is 2. The number of fused-ring (bicyclic) bond motifs is 1. The molecule has 5 heteroatoms. The summed E-state index contributed by atoms with van der Waals surface area (Å²) in [4.78, 5) is 14.6. The minimum absolute atomic E-state index is 0.00748. The van der Waals surface area contributed by atoms with Crippen molar-refractivity contribution in [2.24, 2.45) is 0 Å². The van der Waals surface area contributed by atoms with Gasteiger partial charge in [0.25, 0.3) is 5.91 Å². The van der Waals surface area contributed by atoms with Crippen molar-refractivity contribution < 1.29 is 9.18 Å². The van der Waals surface area contributed by atoms with Gasteiger partial charge in [0, 0.05) is 23.2 Å². The van der Waals surface area contributed by atoms with Crippen LogP contribution in [0.15, 0.2) is 42.5 Å². The van der Waals surface area contributed by atoms with Crippen LogP contribution in [-0.2, 0) is 0 Å². The molecule has 0 bridgehead atoms. The van der Waals surface area contributed by atoms with Crippen molar-refractivity contribution >= 4 is 16.8 Å². The van der Waals surface area contributed by atoms with Crippen molar-refractivity contribution in [1.82, 2.24) is 15.1 Å². The van der Waals surface area contributed by atoms with Crippen LogP contribution in [0.25, 0.3) is 10.9 Å². The third-order valence-electron chi connectivity index (χ3n) is 4.53. The molecule has 116 valence electrons. The summed E-state index contributed by atoms with van der Waals surface area (Å²) in [6, 6.07) is 12.0. The quantitative estimate of drug-likeness (QED) is 0.786. The predicted molar refractivity (Wildman–Crippen MR) is 85.6 cm³/mol. The summed E-state index contributed by atoms with van der Waals surface area (Å²) in [5.74, 6) is -0.250. The van der Waals surface area contributed by atoms with Gasteiger partial charge in [0.15, 0.2) is 0 Å². The molecule has 4 rings (SSSR count). The Morgan fingerprint density at radius 2 is 2.04 bits per heavy atom. The molecule has 1 N–H and O–H groups in total. The molecule has 2 heterocycles. The monoisotopic (exact) mass is 309 g/mol. The summed E-state index contributed by atoms with van der Waals surface area (Å²) < 4.78 is 13.1. The van der Waals surface area contributed by atoms with Crippen LogP contribution in [0.5, 0.6) is 0 Å². The second kappa shape index (κ2) is 5.19. The molecule has 1 aliphatic heterocycles. The Balaban J connectivity index is 1.62. The van der Waals surface area contributed by atoms with Crippen LogP contribution < -0.4 is 0 Å². The molecule has 1 amide bonds. The standard InChI is InChI=1S/C18H16FN3O/c1-11-15-10-13(4-7-16(15)21-20-11)18(23)22-9-8-17(22)12-2-5-14(19)6-3-12/h2-7,10,17H,8-9H2,1H3,(H,20,21). The molecule has 1 saturated heterocycles. The van der Waals surface area contributed by atoms with Crippen LogP contribution in [0, 0.1) is 12.7 Å². The van der Waals surface area contributed by atoms with E-state index in [1.807, 2.05) is 30.0 Å². The van der Waals surface area contributed by atoms with E-state index >= 15 is 0 Å². The lowest BCUT2D eigenvalue weighted by Gasteiger charge is -2.41. The number of aromatic nitrogens is 2. The van der Waals surface area contributed by atoms with Gasteiger partial charge >= 0.3 is 0 Å². The number of aromatic amines is 1. The number of rotatable bonds is 2. The molecule has 4 nitrogen and oxygen atoms in total. The Labute approximate surface area is 132 Å². The summed E-state index contributed by atoms with van der Waals surface area (Å²) in [6.07, 6.45) is 0.907. The van der Waals surface area contributed by atoms with Crippen LogP contribution in [0.4, 0.5) is 4.39 Å². The summed E-state index contributed by atoms with van der Waals surface area (Å²) in [5.41, 5.74) is 3.45. The molecule has 1 fully saturated rings. The lowest BCUT2D eigenvalue weighted by molar-refractivity contribution is 0.0460. The zero-order valence-electron chi connectivity index (χ0n) is 12.7. The molecule has 1 unspecified atom stereocenters. The summed E-state index contributed by atoms with van der Waals surface area (Å²) in [5, 5.41) is 8.08. The Bertz CT molecular complexity index is 885. The molecule has 0 aliphatic carbocycles. The number of nitrogens with one attached hydrogen (secondary N) is 1. The number of amides is 1. The minimum Gasteiger partial charge on any atom is -0.331 e. The van der Waals surface area contributed by atoms with E-state index in [4.69, 9.17) is 0 Å². The van der Waals surface area contributed by atoms with Crippen molar-refractivity contribution in [3.8, 4) is 0 Å². The molecular formula is C18H16FN3O. The molecule has 3 aromatic rings. The fourth-order valence-corrected chi connectivity index (χ4v) is 3.10. The molecule has 1 aromatic heterocycles. The number of hydrogen-bond donors (Lipinski definition) is 1. The Morgan fingerprint density at radius 3 is 2.74 bits per heavy atom. The number of aryl methyl sites for hydroxylation is 1.